The summed E-state index contributed by atoms with van der Waals surface area (Å²) in [5.41, 5.74) is 3.61. The van der Waals surface area contributed by atoms with Crippen molar-refractivity contribution in [1.82, 2.24) is 5.43 Å². The Morgan fingerprint density at radius 3 is 2.42 bits per heavy atom. The highest BCUT2D eigenvalue weighted by Crippen LogP contribution is 2.14. The van der Waals surface area contributed by atoms with Gasteiger partial charge in [-0.2, -0.15) is 5.10 Å². The summed E-state index contributed by atoms with van der Waals surface area (Å²) in [5.74, 6) is 0. The van der Waals surface area contributed by atoms with Crippen LogP contribution in [0, 0.1) is 5.41 Å². The molecule has 0 heterocycles. The van der Waals surface area contributed by atoms with Crippen molar-refractivity contribution >= 4 is 19.8 Å². The van der Waals surface area contributed by atoms with Gasteiger partial charge in [-0.3, -0.25) is 4.99 Å². The van der Waals surface area contributed by atoms with Crippen molar-refractivity contribution in [3.8, 4) is 0 Å². The van der Waals surface area contributed by atoms with Crippen LogP contribution >= 0.6 is 0 Å². The molecular weight excluding hydrogens is 149 g/mol. The van der Waals surface area contributed by atoms with Gasteiger partial charge in [0.25, 0.3) is 0 Å². The topological polar surface area (TPSA) is 36.8 Å². The second-order valence-electron chi connectivity index (χ2n) is 3.50. The summed E-state index contributed by atoms with van der Waals surface area (Å²) in [4.78, 5) is 3.92. The van der Waals surface area contributed by atoms with Gasteiger partial charge in [0, 0.05) is 18.7 Å². The molecule has 0 aliphatic rings. The number of nitrogens with one attached hydrogen (secondary N) is 1. The Bertz CT molecular complexity index is 179. The van der Waals surface area contributed by atoms with E-state index in [1.165, 1.54) is 0 Å². The lowest BCUT2D eigenvalue weighted by atomic mass is 9.91. The van der Waals surface area contributed by atoms with E-state index >= 15 is 0 Å². The van der Waals surface area contributed by atoms with Crippen molar-refractivity contribution < 1.29 is 0 Å². The molecule has 0 aromatic carbocycles. The molecule has 0 aromatic rings. The molecule has 4 heteroatoms. The molecule has 0 aliphatic carbocycles. The third kappa shape index (κ3) is 4.16. The summed E-state index contributed by atoms with van der Waals surface area (Å²) in [6.45, 7) is 6.23. The van der Waals surface area contributed by atoms with Gasteiger partial charge in [-0.25, -0.2) is 0 Å². The van der Waals surface area contributed by atoms with E-state index in [0.29, 0.717) is 6.44 Å². The minimum atomic E-state index is 0.00167. The largest absolute Gasteiger partial charge is 0.319 e. The minimum absolute atomic E-state index is 0.00167. The molecule has 0 fully saturated rings. The molecule has 0 saturated heterocycles. The molecule has 0 unspecified atom stereocenters. The van der Waals surface area contributed by atoms with Gasteiger partial charge in [-0.15, -0.1) is 0 Å². The van der Waals surface area contributed by atoms with Gasteiger partial charge >= 0.3 is 0 Å². The van der Waals surface area contributed by atoms with Crippen LogP contribution in [0.2, 0.25) is 0 Å². The highest BCUT2D eigenvalue weighted by atomic mass is 15.3. The molecular formula is C8H16BN3. The number of hydrogen-bond donors (Lipinski definition) is 1. The maximum Gasteiger partial charge on any atom is 0.0963 e. The Balaban J connectivity index is 4.44. The van der Waals surface area contributed by atoms with Gasteiger partial charge in [-0.05, 0) is 6.44 Å². The summed E-state index contributed by atoms with van der Waals surface area (Å²) < 4.78 is 0. The average molecular weight is 165 g/mol. The first-order chi connectivity index (χ1) is 5.52. The minimum Gasteiger partial charge on any atom is -0.319 e. The molecule has 0 aliphatic heterocycles. The Kier molecular flexibility index (Phi) is 4.63. The smallest absolute Gasteiger partial charge is 0.0963 e. The van der Waals surface area contributed by atoms with Crippen LogP contribution in [0.5, 0.6) is 0 Å². The predicted octanol–water partition coefficient (Wildman–Crippen LogP) is 0.805. The van der Waals surface area contributed by atoms with Crippen molar-refractivity contribution in [2.75, 3.05) is 13.5 Å². The molecule has 3 nitrogen and oxygen atoms in total. The van der Waals surface area contributed by atoms with Crippen LogP contribution in [0.25, 0.3) is 0 Å². The molecule has 0 rings (SSSR count). The number of hydrazone groups is 1. The zero-order valence-corrected chi connectivity index (χ0v) is 8.26. The lowest BCUT2D eigenvalue weighted by Crippen LogP contribution is -2.25. The van der Waals surface area contributed by atoms with E-state index in [1.807, 2.05) is 0 Å². The lowest BCUT2D eigenvalue weighted by molar-refractivity contribution is 0.590. The van der Waals surface area contributed by atoms with Gasteiger partial charge in [0.1, 0.15) is 0 Å². The first-order valence-electron chi connectivity index (χ1n) is 3.95. The first-order valence-corrected chi connectivity index (χ1v) is 3.95. The van der Waals surface area contributed by atoms with E-state index in [2.05, 4.69) is 36.3 Å². The zero-order valence-electron chi connectivity index (χ0n) is 8.26. The SMILES string of the molecule is [B]CNN=C(C=NC)C(C)(C)C. The second-order valence-corrected chi connectivity index (χ2v) is 3.50. The maximum absolute atomic E-state index is 5.25. The van der Waals surface area contributed by atoms with Crippen molar-refractivity contribution in [1.29, 1.82) is 0 Å². The van der Waals surface area contributed by atoms with Crippen molar-refractivity contribution in [3.05, 3.63) is 0 Å². The Morgan fingerprint density at radius 2 is 2.08 bits per heavy atom. The highest BCUT2D eigenvalue weighted by molar-refractivity contribution is 6.32. The van der Waals surface area contributed by atoms with Gasteiger partial charge in [0.15, 0.2) is 0 Å². The van der Waals surface area contributed by atoms with Crippen molar-refractivity contribution in [2.45, 2.75) is 20.8 Å². The first kappa shape index (κ1) is 11.2. The van der Waals surface area contributed by atoms with Gasteiger partial charge in [-0.1, -0.05) is 20.8 Å². The maximum atomic E-state index is 5.25. The standard InChI is InChI=1S/C8H16BN3/c1-8(2,3)7(5-10-4)12-11-6-9/h5,11H,6H2,1-4H3. The molecule has 12 heavy (non-hydrogen) atoms. The van der Waals surface area contributed by atoms with Gasteiger partial charge < -0.3 is 5.43 Å². The summed E-state index contributed by atoms with van der Waals surface area (Å²) in [5, 5.41) is 4.10. The Morgan fingerprint density at radius 1 is 1.50 bits per heavy atom. The number of aliphatic imine (C=N–C) groups is 1. The number of nitrogens with zero attached hydrogens (tertiary/aromatic N) is 2. The molecule has 0 bridgehead atoms. The van der Waals surface area contributed by atoms with Crippen LogP contribution in [-0.4, -0.2) is 33.3 Å². The van der Waals surface area contributed by atoms with Crippen LogP contribution in [0.4, 0.5) is 0 Å². The summed E-state index contributed by atoms with van der Waals surface area (Å²) in [6, 6.07) is 0. The number of rotatable bonds is 3. The summed E-state index contributed by atoms with van der Waals surface area (Å²) in [7, 11) is 6.98. The molecule has 0 aromatic heterocycles. The quantitative estimate of drug-likeness (QED) is 0.375. The average Bonchev–Trinajstić information content (AvgIpc) is 1.95. The fourth-order valence-electron chi connectivity index (χ4n) is 0.643. The van der Waals surface area contributed by atoms with Crippen LogP contribution < -0.4 is 5.43 Å². The van der Waals surface area contributed by atoms with E-state index in [1.54, 1.807) is 13.3 Å². The van der Waals surface area contributed by atoms with E-state index in [4.69, 9.17) is 7.85 Å². The zero-order chi connectivity index (χ0) is 9.61. The molecule has 0 saturated carbocycles. The Labute approximate surface area is 75.8 Å². The van der Waals surface area contributed by atoms with Crippen LogP contribution in [0.15, 0.2) is 10.1 Å². The second kappa shape index (κ2) is 4.96. The van der Waals surface area contributed by atoms with Crippen LogP contribution in [-0.2, 0) is 0 Å². The normalized spacial score (nSPS) is 13.8. The Hall–Kier alpha value is -0.795. The van der Waals surface area contributed by atoms with E-state index in [0.717, 1.165) is 5.71 Å². The fourth-order valence-corrected chi connectivity index (χ4v) is 0.643. The molecule has 0 atom stereocenters. The molecule has 2 radical (unpaired) electrons. The monoisotopic (exact) mass is 165 g/mol. The number of hydrogen-bond acceptors (Lipinski definition) is 3. The highest BCUT2D eigenvalue weighted by Gasteiger charge is 2.16. The van der Waals surface area contributed by atoms with E-state index in [-0.39, 0.29) is 5.41 Å². The van der Waals surface area contributed by atoms with Crippen molar-refractivity contribution in [3.63, 3.8) is 0 Å². The summed E-state index contributed by atoms with van der Waals surface area (Å²) >= 11 is 0. The van der Waals surface area contributed by atoms with Crippen LogP contribution in [0.1, 0.15) is 20.8 Å². The van der Waals surface area contributed by atoms with E-state index < -0.39 is 0 Å². The van der Waals surface area contributed by atoms with Crippen LogP contribution in [0.3, 0.4) is 0 Å². The predicted molar refractivity (Wildman–Crippen MR) is 55.1 cm³/mol. The van der Waals surface area contributed by atoms with E-state index in [9.17, 15) is 0 Å². The summed E-state index contributed by atoms with van der Waals surface area (Å²) in [6.07, 6.45) is 2.08. The molecule has 0 spiro atoms. The van der Waals surface area contributed by atoms with Crippen molar-refractivity contribution in [2.24, 2.45) is 15.5 Å². The molecule has 1 N–H and O–H groups in total. The molecule has 66 valence electrons. The fraction of sp³-hybridized carbons (Fsp3) is 0.750. The third-order valence-corrected chi connectivity index (χ3v) is 1.31. The van der Waals surface area contributed by atoms with Gasteiger partial charge in [0.2, 0.25) is 0 Å². The third-order valence-electron chi connectivity index (χ3n) is 1.31. The van der Waals surface area contributed by atoms with Gasteiger partial charge in [0.05, 0.1) is 13.6 Å². The lowest BCUT2D eigenvalue weighted by Gasteiger charge is -2.17. The molecule has 0 amide bonds.